The molecule has 0 bridgehead atoms. The van der Waals surface area contributed by atoms with Crippen molar-refractivity contribution in [2.24, 2.45) is 0 Å². The smallest absolute Gasteiger partial charge is 0.322 e. The average Bonchev–Trinajstić information content (AvgIpc) is 2.76. The molecule has 2 aromatic carbocycles. The number of hydrogen-bond donors (Lipinski definition) is 2. The molecule has 0 fully saturated rings. The molecule has 5 heteroatoms. The molecule has 4 nitrogen and oxygen atoms in total. The summed E-state index contributed by atoms with van der Waals surface area (Å²) < 4.78 is 13.4. The Kier molecular flexibility index (Phi) is 4.46. The number of anilines is 1. The van der Waals surface area contributed by atoms with Gasteiger partial charge in [-0.1, -0.05) is 12.1 Å². The van der Waals surface area contributed by atoms with Crippen LogP contribution in [0.15, 0.2) is 42.5 Å². The van der Waals surface area contributed by atoms with Crippen LogP contribution in [-0.4, -0.2) is 17.7 Å². The zero-order valence-corrected chi connectivity index (χ0v) is 12.8. The number of hydrogen-bond acceptors (Lipinski definition) is 2. The summed E-state index contributed by atoms with van der Waals surface area (Å²) in [5.41, 5.74) is 2.57. The van der Waals surface area contributed by atoms with E-state index in [-0.39, 0.29) is 17.6 Å². The number of phenols is 1. The maximum absolute atomic E-state index is 13.4. The standard InChI is InChI=1S/C18H19FN2O2/c19-15-6-9-17-14(11-15)3-1-2-10-21(17)18(23)20-12-13-4-7-16(22)8-5-13/h4-9,11,22H,1-3,10,12H2,(H,20,23). The van der Waals surface area contributed by atoms with Crippen molar-refractivity contribution in [2.45, 2.75) is 25.8 Å². The fourth-order valence-corrected chi connectivity index (χ4v) is 2.82. The van der Waals surface area contributed by atoms with E-state index in [1.54, 1.807) is 35.2 Å². The first-order chi connectivity index (χ1) is 11.1. The molecule has 0 atom stereocenters. The molecule has 0 saturated carbocycles. The van der Waals surface area contributed by atoms with Gasteiger partial charge >= 0.3 is 6.03 Å². The number of carbonyl (C=O) groups is 1. The monoisotopic (exact) mass is 314 g/mol. The number of amides is 2. The van der Waals surface area contributed by atoms with Crippen LogP contribution in [0.3, 0.4) is 0 Å². The van der Waals surface area contributed by atoms with Crippen molar-refractivity contribution in [2.75, 3.05) is 11.4 Å². The summed E-state index contributed by atoms with van der Waals surface area (Å²) in [5, 5.41) is 12.2. The van der Waals surface area contributed by atoms with E-state index in [1.165, 1.54) is 12.1 Å². The molecule has 120 valence electrons. The zero-order valence-electron chi connectivity index (χ0n) is 12.8. The summed E-state index contributed by atoms with van der Waals surface area (Å²) in [6.07, 6.45) is 2.62. The highest BCUT2D eigenvalue weighted by molar-refractivity contribution is 5.92. The van der Waals surface area contributed by atoms with Crippen LogP contribution in [0.2, 0.25) is 0 Å². The fraction of sp³-hybridized carbons (Fsp3) is 0.278. The number of fused-ring (bicyclic) bond motifs is 1. The summed E-state index contributed by atoms with van der Waals surface area (Å²) in [5.74, 6) is -0.0707. The van der Waals surface area contributed by atoms with Crippen LogP contribution in [0, 0.1) is 5.82 Å². The van der Waals surface area contributed by atoms with Gasteiger partial charge in [-0.15, -0.1) is 0 Å². The van der Waals surface area contributed by atoms with E-state index in [1.807, 2.05) is 0 Å². The number of benzene rings is 2. The molecule has 3 rings (SSSR count). The van der Waals surface area contributed by atoms with Crippen molar-refractivity contribution in [3.8, 4) is 5.75 Å². The molecule has 1 aliphatic rings. The van der Waals surface area contributed by atoms with Gasteiger partial charge in [-0.2, -0.15) is 0 Å². The minimum Gasteiger partial charge on any atom is -0.508 e. The van der Waals surface area contributed by atoms with Gasteiger partial charge in [0.2, 0.25) is 0 Å². The van der Waals surface area contributed by atoms with Crippen molar-refractivity contribution in [3.05, 3.63) is 59.4 Å². The quantitative estimate of drug-likeness (QED) is 0.890. The third-order valence-electron chi connectivity index (χ3n) is 4.04. The zero-order chi connectivity index (χ0) is 16.2. The second-order valence-electron chi connectivity index (χ2n) is 5.71. The maximum Gasteiger partial charge on any atom is 0.322 e. The van der Waals surface area contributed by atoms with Crippen LogP contribution >= 0.6 is 0 Å². The number of phenolic OH excluding ortho intramolecular Hbond substituents is 1. The van der Waals surface area contributed by atoms with E-state index < -0.39 is 0 Å². The lowest BCUT2D eigenvalue weighted by atomic mass is 10.1. The summed E-state index contributed by atoms with van der Waals surface area (Å²) in [6, 6.07) is 11.1. The van der Waals surface area contributed by atoms with Crippen LogP contribution in [0.25, 0.3) is 0 Å². The van der Waals surface area contributed by atoms with Gasteiger partial charge in [-0.3, -0.25) is 4.90 Å². The van der Waals surface area contributed by atoms with Crippen LogP contribution in [0.4, 0.5) is 14.9 Å². The van der Waals surface area contributed by atoms with Gasteiger partial charge in [0, 0.05) is 18.8 Å². The first-order valence-electron chi connectivity index (χ1n) is 7.75. The van der Waals surface area contributed by atoms with Gasteiger partial charge in [-0.05, 0) is 60.7 Å². The van der Waals surface area contributed by atoms with E-state index in [0.29, 0.717) is 13.1 Å². The number of halogens is 1. The number of nitrogens with zero attached hydrogens (tertiary/aromatic N) is 1. The van der Waals surface area contributed by atoms with Gasteiger partial charge in [0.15, 0.2) is 0 Å². The molecule has 1 heterocycles. The van der Waals surface area contributed by atoms with Gasteiger partial charge < -0.3 is 10.4 Å². The SMILES string of the molecule is O=C(NCc1ccc(O)cc1)N1CCCCc2cc(F)ccc21. The van der Waals surface area contributed by atoms with Crippen molar-refractivity contribution in [1.82, 2.24) is 5.32 Å². The van der Waals surface area contributed by atoms with E-state index >= 15 is 0 Å². The molecule has 0 aromatic heterocycles. The molecule has 0 spiro atoms. The van der Waals surface area contributed by atoms with Gasteiger partial charge in [0.05, 0.1) is 0 Å². The Labute approximate surface area is 134 Å². The fourth-order valence-electron chi connectivity index (χ4n) is 2.82. The van der Waals surface area contributed by atoms with Crippen LogP contribution in [0.1, 0.15) is 24.0 Å². The third kappa shape index (κ3) is 3.62. The summed E-state index contributed by atoms with van der Waals surface area (Å²) in [7, 11) is 0. The van der Waals surface area contributed by atoms with E-state index in [2.05, 4.69) is 5.32 Å². The number of carbonyl (C=O) groups excluding carboxylic acids is 1. The summed E-state index contributed by atoms with van der Waals surface area (Å²) in [6.45, 7) is 1.01. The molecule has 2 aromatic rings. The Hall–Kier alpha value is -2.56. The molecular formula is C18H19FN2O2. The van der Waals surface area contributed by atoms with Crippen molar-refractivity contribution in [1.29, 1.82) is 0 Å². The Bertz CT molecular complexity index is 701. The molecule has 0 radical (unpaired) electrons. The summed E-state index contributed by atoms with van der Waals surface area (Å²) in [4.78, 5) is 14.2. The Morgan fingerprint density at radius 2 is 1.96 bits per heavy atom. The minimum atomic E-state index is -0.268. The number of rotatable bonds is 2. The molecule has 23 heavy (non-hydrogen) atoms. The van der Waals surface area contributed by atoms with E-state index in [0.717, 1.165) is 36.1 Å². The predicted molar refractivity (Wildman–Crippen MR) is 87.0 cm³/mol. The number of aromatic hydroxyl groups is 1. The van der Waals surface area contributed by atoms with Crippen LogP contribution in [-0.2, 0) is 13.0 Å². The second kappa shape index (κ2) is 6.69. The molecule has 0 unspecified atom stereocenters. The van der Waals surface area contributed by atoms with Gasteiger partial charge in [-0.25, -0.2) is 9.18 Å². The van der Waals surface area contributed by atoms with E-state index in [4.69, 9.17) is 0 Å². The highest BCUT2D eigenvalue weighted by Gasteiger charge is 2.21. The topological polar surface area (TPSA) is 52.6 Å². The first kappa shape index (κ1) is 15.3. The highest BCUT2D eigenvalue weighted by atomic mass is 19.1. The summed E-state index contributed by atoms with van der Waals surface area (Å²) >= 11 is 0. The maximum atomic E-state index is 13.4. The van der Waals surface area contributed by atoms with Crippen molar-refractivity contribution in [3.63, 3.8) is 0 Å². The molecule has 1 aliphatic heterocycles. The van der Waals surface area contributed by atoms with Crippen molar-refractivity contribution >= 4 is 11.7 Å². The molecule has 0 saturated heterocycles. The normalized spacial score (nSPS) is 14.0. The third-order valence-corrected chi connectivity index (χ3v) is 4.04. The van der Waals surface area contributed by atoms with Crippen LogP contribution < -0.4 is 10.2 Å². The lowest BCUT2D eigenvalue weighted by Crippen LogP contribution is -2.40. The largest absolute Gasteiger partial charge is 0.508 e. The lowest BCUT2D eigenvalue weighted by molar-refractivity contribution is 0.246. The average molecular weight is 314 g/mol. The van der Waals surface area contributed by atoms with E-state index in [9.17, 15) is 14.3 Å². The lowest BCUT2D eigenvalue weighted by Gasteiger charge is -2.23. The Balaban J connectivity index is 1.73. The van der Waals surface area contributed by atoms with Crippen molar-refractivity contribution < 1.29 is 14.3 Å². The number of urea groups is 1. The molecule has 0 aliphatic carbocycles. The molecule has 2 amide bonds. The first-order valence-corrected chi connectivity index (χ1v) is 7.75. The van der Waals surface area contributed by atoms with Crippen LogP contribution in [0.5, 0.6) is 5.75 Å². The van der Waals surface area contributed by atoms with Gasteiger partial charge in [0.25, 0.3) is 0 Å². The second-order valence-corrected chi connectivity index (χ2v) is 5.71. The highest BCUT2D eigenvalue weighted by Crippen LogP contribution is 2.27. The minimum absolute atomic E-state index is 0.187. The number of aryl methyl sites for hydroxylation is 1. The molecular weight excluding hydrogens is 295 g/mol. The predicted octanol–water partition coefficient (Wildman–Crippen LogP) is 3.58. The number of nitrogens with one attached hydrogen (secondary N) is 1. The molecule has 2 N–H and O–H groups in total. The van der Waals surface area contributed by atoms with Gasteiger partial charge in [0.1, 0.15) is 11.6 Å². The Morgan fingerprint density at radius 1 is 1.17 bits per heavy atom. The Morgan fingerprint density at radius 3 is 2.74 bits per heavy atom.